The van der Waals surface area contributed by atoms with Crippen molar-refractivity contribution in [3.05, 3.63) is 64.1 Å². The van der Waals surface area contributed by atoms with Crippen LogP contribution in [0.4, 0.5) is 10.5 Å². The number of carbonyl (C=O) groups is 1. The number of halogens is 2. The lowest BCUT2D eigenvalue weighted by molar-refractivity contribution is 0.255. The Hall–Kier alpha value is -2.04. The van der Waals surface area contributed by atoms with E-state index in [0.29, 0.717) is 21.6 Å². The zero-order chi connectivity index (χ0) is 16.6. The fraction of sp³-hybridized carbons (Fsp3) is 0.176. The molecule has 4 nitrogen and oxygen atoms in total. The summed E-state index contributed by atoms with van der Waals surface area (Å²) in [5, 5.41) is 0.856. The Labute approximate surface area is 144 Å². The molecule has 0 aliphatic carbocycles. The van der Waals surface area contributed by atoms with Gasteiger partial charge in [-0.1, -0.05) is 53.5 Å². The van der Waals surface area contributed by atoms with E-state index in [1.165, 1.54) is 0 Å². The number of rotatable bonds is 2. The maximum absolute atomic E-state index is 12.5. The number of carbonyl (C=O) groups excluding carboxylic acids is 1. The van der Waals surface area contributed by atoms with Crippen LogP contribution < -0.4 is 4.90 Å². The molecule has 0 fully saturated rings. The minimum Gasteiger partial charge on any atom is -0.364 e. The van der Waals surface area contributed by atoms with Crippen molar-refractivity contribution in [3.63, 3.8) is 0 Å². The summed E-state index contributed by atoms with van der Waals surface area (Å²) in [6.45, 7) is 0. The molecule has 0 N–H and O–H groups in total. The SMILES string of the molecule is CN(C)C1=NC(=O)N(c2ccc(Cl)c(Cl)c2)C1c1ccccc1. The summed E-state index contributed by atoms with van der Waals surface area (Å²) in [5.74, 6) is 0.687. The highest BCUT2D eigenvalue weighted by Crippen LogP contribution is 2.36. The van der Waals surface area contributed by atoms with E-state index < -0.39 is 0 Å². The minimum absolute atomic E-state index is 0.295. The summed E-state index contributed by atoms with van der Waals surface area (Å²) in [7, 11) is 3.75. The van der Waals surface area contributed by atoms with E-state index in [4.69, 9.17) is 23.2 Å². The van der Waals surface area contributed by atoms with Crippen LogP contribution in [-0.2, 0) is 0 Å². The van der Waals surface area contributed by atoms with Crippen molar-refractivity contribution in [2.45, 2.75) is 6.04 Å². The van der Waals surface area contributed by atoms with E-state index in [0.717, 1.165) is 5.56 Å². The monoisotopic (exact) mass is 347 g/mol. The smallest absolute Gasteiger partial charge is 0.350 e. The molecule has 2 aromatic rings. The number of hydrogen-bond donors (Lipinski definition) is 0. The van der Waals surface area contributed by atoms with Gasteiger partial charge < -0.3 is 4.90 Å². The Kier molecular flexibility index (Phi) is 4.28. The second kappa shape index (κ2) is 6.22. The van der Waals surface area contributed by atoms with Crippen molar-refractivity contribution in [1.29, 1.82) is 0 Å². The van der Waals surface area contributed by atoms with E-state index >= 15 is 0 Å². The molecule has 1 unspecified atom stereocenters. The van der Waals surface area contributed by atoms with E-state index in [9.17, 15) is 4.79 Å². The Bertz CT molecular complexity index is 775. The summed E-state index contributed by atoms with van der Waals surface area (Å²) < 4.78 is 0. The van der Waals surface area contributed by atoms with E-state index in [1.807, 2.05) is 49.3 Å². The van der Waals surface area contributed by atoms with Gasteiger partial charge in [0.05, 0.1) is 10.0 Å². The summed E-state index contributed by atoms with van der Waals surface area (Å²) in [6.07, 6.45) is 0. The average Bonchev–Trinajstić information content (AvgIpc) is 2.88. The quantitative estimate of drug-likeness (QED) is 0.793. The van der Waals surface area contributed by atoms with Crippen molar-refractivity contribution in [2.75, 3.05) is 19.0 Å². The van der Waals surface area contributed by atoms with Crippen molar-refractivity contribution in [2.24, 2.45) is 4.99 Å². The third-order valence-corrected chi connectivity index (χ3v) is 4.41. The molecule has 6 heteroatoms. The normalized spacial score (nSPS) is 17.4. The fourth-order valence-corrected chi connectivity index (χ4v) is 2.90. The molecule has 0 saturated heterocycles. The van der Waals surface area contributed by atoms with Crippen LogP contribution in [0.15, 0.2) is 53.5 Å². The number of aliphatic imine (C=N–C) groups is 1. The van der Waals surface area contributed by atoms with Gasteiger partial charge in [0.25, 0.3) is 0 Å². The molecule has 118 valence electrons. The van der Waals surface area contributed by atoms with Crippen LogP contribution in [0.3, 0.4) is 0 Å². The van der Waals surface area contributed by atoms with E-state index in [2.05, 4.69) is 4.99 Å². The van der Waals surface area contributed by atoms with Gasteiger partial charge in [-0.25, -0.2) is 4.79 Å². The van der Waals surface area contributed by atoms with Gasteiger partial charge in [0.1, 0.15) is 11.9 Å². The zero-order valence-corrected chi connectivity index (χ0v) is 14.2. The molecule has 2 aromatic carbocycles. The number of benzene rings is 2. The minimum atomic E-state index is -0.319. The van der Waals surface area contributed by atoms with Gasteiger partial charge >= 0.3 is 6.03 Å². The zero-order valence-electron chi connectivity index (χ0n) is 12.7. The molecule has 23 heavy (non-hydrogen) atoms. The van der Waals surface area contributed by atoms with E-state index in [1.54, 1.807) is 23.1 Å². The molecular formula is C17H15Cl2N3O. The van der Waals surface area contributed by atoms with Gasteiger partial charge in [-0.2, -0.15) is 4.99 Å². The Morgan fingerprint density at radius 3 is 2.35 bits per heavy atom. The van der Waals surface area contributed by atoms with Crippen molar-refractivity contribution in [1.82, 2.24) is 4.90 Å². The molecule has 1 aliphatic rings. The molecule has 0 radical (unpaired) electrons. The van der Waals surface area contributed by atoms with Crippen LogP contribution in [0, 0.1) is 0 Å². The third-order valence-electron chi connectivity index (χ3n) is 3.67. The van der Waals surface area contributed by atoms with Gasteiger partial charge in [0.15, 0.2) is 0 Å². The Morgan fingerprint density at radius 1 is 1.04 bits per heavy atom. The first kappa shape index (κ1) is 15.8. The first-order valence-corrected chi connectivity index (χ1v) is 7.83. The maximum atomic E-state index is 12.5. The topological polar surface area (TPSA) is 35.9 Å². The summed E-state index contributed by atoms with van der Waals surface area (Å²) in [4.78, 5) is 20.2. The number of amides is 2. The lowest BCUT2D eigenvalue weighted by Gasteiger charge is -2.28. The molecule has 1 atom stereocenters. The molecule has 0 saturated carbocycles. The first-order valence-electron chi connectivity index (χ1n) is 7.08. The van der Waals surface area contributed by atoms with Gasteiger partial charge in [0.2, 0.25) is 0 Å². The second-order valence-electron chi connectivity index (χ2n) is 5.43. The highest BCUT2D eigenvalue weighted by atomic mass is 35.5. The maximum Gasteiger partial charge on any atom is 0.350 e. The molecule has 1 aliphatic heterocycles. The lowest BCUT2D eigenvalue weighted by atomic mass is 10.0. The number of hydrogen-bond acceptors (Lipinski definition) is 2. The van der Waals surface area contributed by atoms with Crippen LogP contribution in [0.1, 0.15) is 11.6 Å². The predicted molar refractivity (Wildman–Crippen MR) is 94.6 cm³/mol. The molecule has 2 amide bonds. The summed E-state index contributed by atoms with van der Waals surface area (Å²) in [5.41, 5.74) is 1.65. The predicted octanol–water partition coefficient (Wildman–Crippen LogP) is 4.63. The standard InChI is InChI=1S/C17H15Cl2N3O/c1-21(2)16-15(11-6-4-3-5-7-11)22(17(23)20-16)12-8-9-13(18)14(19)10-12/h3-10,15H,1-2H3. The van der Waals surface area contributed by atoms with Gasteiger partial charge in [-0.15, -0.1) is 0 Å². The van der Waals surface area contributed by atoms with Crippen molar-refractivity contribution >= 4 is 40.8 Å². The lowest BCUT2D eigenvalue weighted by Crippen LogP contribution is -2.35. The second-order valence-corrected chi connectivity index (χ2v) is 6.24. The van der Waals surface area contributed by atoms with Gasteiger partial charge in [-0.3, -0.25) is 4.90 Å². The number of urea groups is 1. The molecule has 0 aromatic heterocycles. The average molecular weight is 348 g/mol. The van der Waals surface area contributed by atoms with Crippen molar-refractivity contribution in [3.8, 4) is 0 Å². The molecule has 1 heterocycles. The van der Waals surface area contributed by atoms with Crippen LogP contribution >= 0.6 is 23.2 Å². The first-order chi connectivity index (χ1) is 11.0. The highest BCUT2D eigenvalue weighted by Gasteiger charge is 2.38. The van der Waals surface area contributed by atoms with Crippen LogP contribution in [-0.4, -0.2) is 30.9 Å². The Morgan fingerprint density at radius 2 is 1.74 bits per heavy atom. The van der Waals surface area contributed by atoms with Crippen molar-refractivity contribution < 1.29 is 4.79 Å². The van der Waals surface area contributed by atoms with Crippen LogP contribution in [0.25, 0.3) is 0 Å². The third kappa shape index (κ3) is 2.92. The van der Waals surface area contributed by atoms with Crippen LogP contribution in [0.2, 0.25) is 10.0 Å². The molecule has 0 bridgehead atoms. The van der Waals surface area contributed by atoms with Gasteiger partial charge in [-0.05, 0) is 23.8 Å². The summed E-state index contributed by atoms with van der Waals surface area (Å²) in [6, 6.07) is 14.3. The van der Waals surface area contributed by atoms with Gasteiger partial charge in [0, 0.05) is 19.8 Å². The highest BCUT2D eigenvalue weighted by molar-refractivity contribution is 6.42. The fourth-order valence-electron chi connectivity index (χ4n) is 2.61. The number of likely N-dealkylation sites (N-methyl/N-ethyl adjacent to an activating group) is 1. The summed E-state index contributed by atoms with van der Waals surface area (Å²) >= 11 is 12.1. The number of nitrogens with zero attached hydrogens (tertiary/aromatic N) is 3. The molecule has 0 spiro atoms. The molecular weight excluding hydrogens is 333 g/mol. The number of anilines is 1. The largest absolute Gasteiger partial charge is 0.364 e. The van der Waals surface area contributed by atoms with E-state index in [-0.39, 0.29) is 12.1 Å². The Balaban J connectivity index is 2.10. The molecule has 3 rings (SSSR count). The number of amidine groups is 1. The van der Waals surface area contributed by atoms with Crippen LogP contribution in [0.5, 0.6) is 0 Å².